The summed E-state index contributed by atoms with van der Waals surface area (Å²) in [4.78, 5) is 6.44. The lowest BCUT2D eigenvalue weighted by Crippen LogP contribution is -2.53. The minimum atomic E-state index is 0.152. The second-order valence-electron chi connectivity index (χ2n) is 3.42. The van der Waals surface area contributed by atoms with Gasteiger partial charge in [-0.3, -0.25) is 0 Å². The molecule has 1 fully saturated rings. The van der Waals surface area contributed by atoms with Crippen LogP contribution in [-0.2, 0) is 0 Å². The topological polar surface area (TPSA) is 48.4 Å². The maximum Gasteiger partial charge on any atom is 0.128 e. The third-order valence-corrected chi connectivity index (χ3v) is 2.50. The highest BCUT2D eigenvalue weighted by Crippen LogP contribution is 2.13. The van der Waals surface area contributed by atoms with Crippen LogP contribution in [0.3, 0.4) is 0 Å². The summed E-state index contributed by atoms with van der Waals surface area (Å²) in [6, 6.07) is 6.01. The summed E-state index contributed by atoms with van der Waals surface area (Å²) in [6.45, 7) is 2.85. The van der Waals surface area contributed by atoms with E-state index in [9.17, 15) is 5.11 Å². The van der Waals surface area contributed by atoms with Gasteiger partial charge in [-0.15, -0.1) is 0 Å². The molecule has 0 amide bonds. The standard InChI is InChI=1S/C10H15N3O.Cl2/c14-8-9-7-11-5-6-13(9)10-3-1-2-4-12-10;1-2/h1-4,9,11,14H,5-8H2;. The maximum absolute atomic E-state index is 9.21. The molecule has 4 nitrogen and oxygen atoms in total. The van der Waals surface area contributed by atoms with Gasteiger partial charge in [0.2, 0.25) is 0 Å². The van der Waals surface area contributed by atoms with Gasteiger partial charge in [-0.25, -0.2) is 4.98 Å². The Morgan fingerprint density at radius 3 is 2.94 bits per heavy atom. The first-order valence-electron chi connectivity index (χ1n) is 5.05. The fourth-order valence-electron chi connectivity index (χ4n) is 1.75. The smallest absolute Gasteiger partial charge is 0.128 e. The van der Waals surface area contributed by atoms with E-state index >= 15 is 0 Å². The molecule has 2 N–H and O–H groups in total. The first-order chi connectivity index (χ1) is 7.92. The van der Waals surface area contributed by atoms with Crippen molar-refractivity contribution in [2.24, 2.45) is 0 Å². The molecule has 90 valence electrons. The Balaban J connectivity index is 0.000000606. The third kappa shape index (κ3) is 3.49. The second-order valence-corrected chi connectivity index (χ2v) is 3.42. The van der Waals surface area contributed by atoms with Crippen LogP contribution >= 0.6 is 21.7 Å². The first-order valence-corrected chi connectivity index (χ1v) is 6.19. The van der Waals surface area contributed by atoms with Gasteiger partial charge < -0.3 is 15.3 Å². The fourth-order valence-corrected chi connectivity index (χ4v) is 1.75. The Morgan fingerprint density at radius 1 is 1.50 bits per heavy atom. The monoisotopic (exact) mass is 263 g/mol. The van der Waals surface area contributed by atoms with E-state index in [0.29, 0.717) is 0 Å². The van der Waals surface area contributed by atoms with Crippen molar-refractivity contribution < 1.29 is 5.11 Å². The Kier molecular flexibility index (Phi) is 6.49. The zero-order valence-electron chi connectivity index (χ0n) is 8.81. The summed E-state index contributed by atoms with van der Waals surface area (Å²) in [5.41, 5.74) is 0. The number of piperazine rings is 1. The molecule has 1 aliphatic heterocycles. The number of aliphatic hydroxyl groups is 1. The number of anilines is 1. The summed E-state index contributed by atoms with van der Waals surface area (Å²) < 4.78 is 0. The minimum absolute atomic E-state index is 0.152. The van der Waals surface area contributed by atoms with Crippen LogP contribution in [0.25, 0.3) is 0 Å². The average Bonchev–Trinajstić information content (AvgIpc) is 2.42. The van der Waals surface area contributed by atoms with Crippen molar-refractivity contribution in [2.75, 3.05) is 31.1 Å². The molecule has 0 saturated carbocycles. The lowest BCUT2D eigenvalue weighted by molar-refractivity contribution is 0.246. The number of hydrogen-bond acceptors (Lipinski definition) is 4. The van der Waals surface area contributed by atoms with Crippen molar-refractivity contribution in [2.45, 2.75) is 6.04 Å². The van der Waals surface area contributed by atoms with Crippen LogP contribution in [-0.4, -0.2) is 42.4 Å². The highest BCUT2D eigenvalue weighted by molar-refractivity contribution is 6.85. The largest absolute Gasteiger partial charge is 0.394 e. The van der Waals surface area contributed by atoms with Crippen LogP contribution in [0.15, 0.2) is 24.4 Å². The van der Waals surface area contributed by atoms with Gasteiger partial charge in [-0.2, -0.15) is 0 Å². The summed E-state index contributed by atoms with van der Waals surface area (Å²) in [7, 11) is 8.22. The predicted octanol–water partition coefficient (Wildman–Crippen LogP) is 1.23. The van der Waals surface area contributed by atoms with Crippen LogP contribution < -0.4 is 10.2 Å². The van der Waals surface area contributed by atoms with Gasteiger partial charge in [0, 0.05) is 47.5 Å². The van der Waals surface area contributed by atoms with Gasteiger partial charge in [0.25, 0.3) is 0 Å². The van der Waals surface area contributed by atoms with Gasteiger partial charge in [0.05, 0.1) is 12.6 Å². The predicted molar refractivity (Wildman–Crippen MR) is 67.0 cm³/mol. The van der Waals surface area contributed by atoms with Gasteiger partial charge in [0.1, 0.15) is 5.82 Å². The van der Waals surface area contributed by atoms with E-state index < -0.39 is 0 Å². The molecule has 1 unspecified atom stereocenters. The highest BCUT2D eigenvalue weighted by Gasteiger charge is 2.21. The van der Waals surface area contributed by atoms with Crippen molar-refractivity contribution in [1.82, 2.24) is 10.3 Å². The summed E-state index contributed by atoms with van der Waals surface area (Å²) in [5.74, 6) is 0.952. The Hall–Kier alpha value is -0.550. The van der Waals surface area contributed by atoms with Gasteiger partial charge >= 0.3 is 0 Å². The SMILES string of the molecule is ClCl.OCC1CNCCN1c1ccccn1. The average molecular weight is 264 g/mol. The summed E-state index contributed by atoms with van der Waals surface area (Å²) in [5, 5.41) is 12.5. The quantitative estimate of drug-likeness (QED) is 0.843. The molecule has 0 spiro atoms. The molecule has 2 rings (SSSR count). The molecular formula is C10H15Cl2N3O. The van der Waals surface area contributed by atoms with E-state index in [0.717, 1.165) is 25.5 Å². The molecule has 0 aliphatic carbocycles. The van der Waals surface area contributed by atoms with Crippen LogP contribution in [0.4, 0.5) is 5.82 Å². The van der Waals surface area contributed by atoms with E-state index in [1.54, 1.807) is 6.20 Å². The lowest BCUT2D eigenvalue weighted by Gasteiger charge is -2.35. The number of hydrogen-bond donors (Lipinski definition) is 2. The number of aromatic nitrogens is 1. The number of pyridine rings is 1. The highest BCUT2D eigenvalue weighted by atomic mass is 36.5. The molecule has 2 heterocycles. The lowest BCUT2D eigenvalue weighted by atomic mass is 10.2. The minimum Gasteiger partial charge on any atom is -0.394 e. The number of aliphatic hydroxyl groups excluding tert-OH is 1. The molecule has 0 bridgehead atoms. The molecule has 1 aliphatic rings. The van der Waals surface area contributed by atoms with Gasteiger partial charge in [-0.1, -0.05) is 6.07 Å². The van der Waals surface area contributed by atoms with E-state index in [2.05, 4.69) is 36.9 Å². The fraction of sp³-hybridized carbons (Fsp3) is 0.500. The zero-order valence-corrected chi connectivity index (χ0v) is 10.3. The maximum atomic E-state index is 9.21. The Morgan fingerprint density at radius 2 is 2.31 bits per heavy atom. The van der Waals surface area contributed by atoms with E-state index in [4.69, 9.17) is 0 Å². The first kappa shape index (κ1) is 13.5. The molecule has 6 heteroatoms. The molecule has 0 aromatic carbocycles. The molecule has 1 aromatic rings. The van der Waals surface area contributed by atoms with Crippen molar-refractivity contribution in [3.63, 3.8) is 0 Å². The third-order valence-electron chi connectivity index (χ3n) is 2.50. The van der Waals surface area contributed by atoms with E-state index in [1.165, 1.54) is 0 Å². The van der Waals surface area contributed by atoms with E-state index in [-0.39, 0.29) is 12.6 Å². The number of nitrogens with one attached hydrogen (secondary N) is 1. The number of halogens is 2. The molecule has 1 aromatic heterocycles. The molecule has 1 saturated heterocycles. The van der Waals surface area contributed by atoms with Crippen molar-refractivity contribution in [3.05, 3.63) is 24.4 Å². The normalized spacial score (nSPS) is 19.9. The molecule has 16 heavy (non-hydrogen) atoms. The Bertz CT molecular complexity index is 287. The summed E-state index contributed by atoms with van der Waals surface area (Å²) in [6.07, 6.45) is 1.78. The second kappa shape index (κ2) is 7.68. The number of nitrogens with zero attached hydrogens (tertiary/aromatic N) is 2. The van der Waals surface area contributed by atoms with Gasteiger partial charge in [0.15, 0.2) is 0 Å². The molecule has 1 atom stereocenters. The van der Waals surface area contributed by atoms with Crippen LogP contribution in [0.2, 0.25) is 0 Å². The van der Waals surface area contributed by atoms with Crippen LogP contribution in [0, 0.1) is 0 Å². The zero-order chi connectivity index (χ0) is 11.8. The van der Waals surface area contributed by atoms with Crippen molar-refractivity contribution in [1.29, 1.82) is 0 Å². The van der Waals surface area contributed by atoms with Crippen LogP contribution in [0.1, 0.15) is 0 Å². The van der Waals surface area contributed by atoms with Gasteiger partial charge in [-0.05, 0) is 12.1 Å². The van der Waals surface area contributed by atoms with Crippen molar-refractivity contribution in [3.8, 4) is 0 Å². The van der Waals surface area contributed by atoms with Crippen LogP contribution in [0.5, 0.6) is 0 Å². The number of rotatable bonds is 2. The Labute approximate surface area is 105 Å². The summed E-state index contributed by atoms with van der Waals surface area (Å²) >= 11 is 0. The van der Waals surface area contributed by atoms with Crippen molar-refractivity contribution >= 4 is 27.5 Å². The molecule has 0 radical (unpaired) electrons. The molecular weight excluding hydrogens is 249 g/mol. The van der Waals surface area contributed by atoms with E-state index in [1.807, 2.05) is 18.2 Å².